The summed E-state index contributed by atoms with van der Waals surface area (Å²) in [5, 5.41) is 9.01. The minimum atomic E-state index is -0.837. The number of carbonyl (C=O) groups is 3. The Morgan fingerprint density at radius 3 is 2.60 bits per heavy atom. The fraction of sp³-hybridized carbons (Fsp3) is 0.583. The molecule has 0 saturated carbocycles. The summed E-state index contributed by atoms with van der Waals surface area (Å²) in [5.41, 5.74) is 5.28. The van der Waals surface area contributed by atoms with Gasteiger partial charge in [-0.3, -0.25) is 14.4 Å². The molecule has 1 aliphatic rings. The number of likely N-dealkylation sites (tertiary alicyclic amines) is 1. The third-order valence-corrected chi connectivity index (χ3v) is 3.13. The first kappa shape index (κ1) is 18.6. The molecule has 4 N–H and O–H groups in total. The van der Waals surface area contributed by atoms with Crippen LogP contribution in [0.15, 0.2) is 12.7 Å². The second kappa shape index (κ2) is 9.51. The van der Waals surface area contributed by atoms with Crippen LogP contribution in [-0.2, 0) is 14.4 Å². The van der Waals surface area contributed by atoms with Crippen LogP contribution in [0.3, 0.4) is 0 Å². The average molecular weight is 303 g/mol. The van der Waals surface area contributed by atoms with E-state index >= 15 is 0 Å². The molecule has 0 aliphatic carbocycles. The number of nitrogens with one attached hydrogen (secondary N) is 1. The van der Waals surface area contributed by atoms with Crippen LogP contribution < -0.4 is 11.1 Å². The molecule has 2 unspecified atom stereocenters. The normalized spacial score (nSPS) is 18.6. The number of hydrogen-bond donors (Lipinski definition) is 4. The van der Waals surface area contributed by atoms with Gasteiger partial charge in [-0.25, -0.2) is 0 Å². The molecule has 114 valence electrons. The number of aliphatic hydroxyl groups is 1. The first-order valence-corrected chi connectivity index (χ1v) is 6.56. The molecule has 0 aromatic rings. The van der Waals surface area contributed by atoms with Crippen molar-refractivity contribution in [2.75, 3.05) is 20.2 Å². The van der Waals surface area contributed by atoms with Gasteiger partial charge in [0, 0.05) is 13.7 Å². The van der Waals surface area contributed by atoms with Gasteiger partial charge < -0.3 is 21.1 Å². The number of nitrogens with two attached hydrogens (primary N) is 1. The second-order valence-corrected chi connectivity index (χ2v) is 4.45. The van der Waals surface area contributed by atoms with Crippen LogP contribution in [0.5, 0.6) is 0 Å². The van der Waals surface area contributed by atoms with Gasteiger partial charge >= 0.3 is 0 Å². The molecule has 20 heavy (non-hydrogen) atoms. The van der Waals surface area contributed by atoms with E-state index in [1.165, 1.54) is 11.0 Å². The highest BCUT2D eigenvalue weighted by molar-refractivity contribution is 7.96. The molecule has 1 saturated heterocycles. The Bertz CT molecular complexity index is 376. The van der Waals surface area contributed by atoms with Crippen LogP contribution in [0, 0.1) is 0 Å². The Labute approximate surface area is 123 Å². The van der Waals surface area contributed by atoms with Crippen molar-refractivity contribution in [2.24, 2.45) is 5.73 Å². The maximum atomic E-state index is 12.0. The predicted molar refractivity (Wildman–Crippen MR) is 78.1 cm³/mol. The second-order valence-electron chi connectivity index (χ2n) is 4.01. The number of rotatable bonds is 5. The van der Waals surface area contributed by atoms with Crippen LogP contribution in [0.4, 0.5) is 0 Å². The SMILES string of the molecule is C=CC(NC(=O)C1CCCN1C(=O)CN)C(=O)S.CO. The molecule has 1 fully saturated rings. The van der Waals surface area contributed by atoms with E-state index in [0.717, 1.165) is 13.5 Å². The van der Waals surface area contributed by atoms with Gasteiger partial charge in [0.1, 0.15) is 12.1 Å². The van der Waals surface area contributed by atoms with Gasteiger partial charge in [-0.05, 0) is 12.8 Å². The van der Waals surface area contributed by atoms with Crippen molar-refractivity contribution in [3.8, 4) is 0 Å². The zero-order valence-corrected chi connectivity index (χ0v) is 12.3. The van der Waals surface area contributed by atoms with Crippen LogP contribution in [0.1, 0.15) is 12.8 Å². The molecule has 7 nitrogen and oxygen atoms in total. The molecular formula is C12H21N3O4S. The minimum Gasteiger partial charge on any atom is -0.400 e. The van der Waals surface area contributed by atoms with Crippen molar-refractivity contribution in [1.29, 1.82) is 0 Å². The monoisotopic (exact) mass is 303 g/mol. The summed E-state index contributed by atoms with van der Waals surface area (Å²) < 4.78 is 0. The van der Waals surface area contributed by atoms with Crippen LogP contribution in [-0.4, -0.2) is 59.2 Å². The number of carbonyl (C=O) groups excluding carboxylic acids is 3. The molecule has 0 aromatic carbocycles. The molecular weight excluding hydrogens is 282 g/mol. The maximum absolute atomic E-state index is 12.0. The quantitative estimate of drug-likeness (QED) is 0.371. The summed E-state index contributed by atoms with van der Waals surface area (Å²) in [5.74, 6) is -0.637. The highest BCUT2D eigenvalue weighted by atomic mass is 32.1. The van der Waals surface area contributed by atoms with Crippen molar-refractivity contribution in [1.82, 2.24) is 10.2 Å². The van der Waals surface area contributed by atoms with E-state index in [4.69, 9.17) is 10.8 Å². The Morgan fingerprint density at radius 2 is 2.15 bits per heavy atom. The van der Waals surface area contributed by atoms with E-state index in [2.05, 4.69) is 24.5 Å². The third-order valence-electron chi connectivity index (χ3n) is 2.85. The lowest BCUT2D eigenvalue weighted by atomic mass is 10.2. The van der Waals surface area contributed by atoms with E-state index in [9.17, 15) is 14.4 Å². The summed E-state index contributed by atoms with van der Waals surface area (Å²) >= 11 is 3.65. The number of aliphatic hydroxyl groups excluding tert-OH is 1. The average Bonchev–Trinajstić information content (AvgIpc) is 2.94. The summed E-state index contributed by atoms with van der Waals surface area (Å²) in [6, 6.07) is -1.40. The third kappa shape index (κ3) is 4.95. The molecule has 2 amide bonds. The van der Waals surface area contributed by atoms with Crippen molar-refractivity contribution in [3.63, 3.8) is 0 Å². The largest absolute Gasteiger partial charge is 0.400 e. The number of amides is 2. The zero-order chi connectivity index (χ0) is 15.7. The standard InChI is InChI=1S/C11H17N3O3S.CH4O/c1-2-7(11(17)18)13-10(16)8-4-3-5-14(8)9(15)6-12;1-2/h2,7-8H,1,3-6,12H2,(H,13,16)(H,17,18);2H,1H3. The van der Waals surface area contributed by atoms with Gasteiger partial charge in [0.2, 0.25) is 16.9 Å². The highest BCUT2D eigenvalue weighted by Gasteiger charge is 2.34. The van der Waals surface area contributed by atoms with E-state index in [-0.39, 0.29) is 18.4 Å². The Morgan fingerprint density at radius 1 is 1.55 bits per heavy atom. The fourth-order valence-electron chi connectivity index (χ4n) is 1.93. The van der Waals surface area contributed by atoms with E-state index in [1.807, 2.05) is 0 Å². The minimum absolute atomic E-state index is 0.125. The molecule has 0 bridgehead atoms. The molecule has 1 rings (SSSR count). The summed E-state index contributed by atoms with van der Waals surface area (Å²) in [7, 11) is 1.00. The lowest BCUT2D eigenvalue weighted by molar-refractivity contribution is -0.137. The summed E-state index contributed by atoms with van der Waals surface area (Å²) in [6.07, 6.45) is 2.62. The van der Waals surface area contributed by atoms with Crippen molar-refractivity contribution in [2.45, 2.75) is 24.9 Å². The maximum Gasteiger partial charge on any atom is 0.243 e. The first-order chi connectivity index (χ1) is 9.51. The smallest absolute Gasteiger partial charge is 0.243 e. The van der Waals surface area contributed by atoms with Gasteiger partial charge in [0.25, 0.3) is 0 Å². The Balaban J connectivity index is 0.00000172. The number of nitrogens with zero attached hydrogens (tertiary/aromatic N) is 1. The molecule has 0 radical (unpaired) electrons. The van der Waals surface area contributed by atoms with E-state index < -0.39 is 17.2 Å². The molecule has 1 heterocycles. The lowest BCUT2D eigenvalue weighted by Crippen LogP contribution is -2.50. The van der Waals surface area contributed by atoms with Crippen LogP contribution in [0.25, 0.3) is 0 Å². The van der Waals surface area contributed by atoms with Crippen LogP contribution in [0.2, 0.25) is 0 Å². The highest BCUT2D eigenvalue weighted by Crippen LogP contribution is 2.17. The first-order valence-electron chi connectivity index (χ1n) is 6.11. The van der Waals surface area contributed by atoms with Gasteiger partial charge in [-0.1, -0.05) is 6.08 Å². The molecule has 2 atom stereocenters. The topological polar surface area (TPSA) is 113 Å². The van der Waals surface area contributed by atoms with E-state index in [0.29, 0.717) is 13.0 Å². The summed E-state index contributed by atoms with van der Waals surface area (Å²) in [6.45, 7) is 3.84. The molecule has 0 aromatic heterocycles. The van der Waals surface area contributed by atoms with E-state index in [1.54, 1.807) is 0 Å². The molecule has 8 heteroatoms. The fourth-order valence-corrected chi connectivity index (χ4v) is 2.10. The van der Waals surface area contributed by atoms with Crippen molar-refractivity contribution >= 4 is 29.6 Å². The lowest BCUT2D eigenvalue weighted by Gasteiger charge is -2.24. The number of thiol groups is 1. The molecule has 0 spiro atoms. The Kier molecular flexibility index (Phi) is 8.86. The van der Waals surface area contributed by atoms with Gasteiger partial charge in [-0.2, -0.15) is 0 Å². The predicted octanol–water partition coefficient (Wildman–Crippen LogP) is -1.33. The molecule has 1 aliphatic heterocycles. The van der Waals surface area contributed by atoms with Gasteiger partial charge in [0.05, 0.1) is 6.54 Å². The van der Waals surface area contributed by atoms with Gasteiger partial charge in [-0.15, -0.1) is 19.2 Å². The van der Waals surface area contributed by atoms with Crippen LogP contribution >= 0.6 is 12.6 Å². The number of hydrogen-bond acceptors (Lipinski definition) is 5. The summed E-state index contributed by atoms with van der Waals surface area (Å²) in [4.78, 5) is 36.0. The van der Waals surface area contributed by atoms with Crippen molar-refractivity contribution in [3.05, 3.63) is 12.7 Å². The zero-order valence-electron chi connectivity index (χ0n) is 11.4. The van der Waals surface area contributed by atoms with Crippen molar-refractivity contribution < 1.29 is 19.5 Å². The van der Waals surface area contributed by atoms with Gasteiger partial charge in [0.15, 0.2) is 0 Å². The Hall–Kier alpha value is -1.38.